The second-order valence-electron chi connectivity index (χ2n) is 8.77. The van der Waals surface area contributed by atoms with E-state index in [0.29, 0.717) is 28.8 Å². The number of nitrogens with one attached hydrogen (secondary N) is 2. The number of carbonyl (C=O) groups is 2. The van der Waals surface area contributed by atoms with E-state index in [1.54, 1.807) is 31.4 Å². The summed E-state index contributed by atoms with van der Waals surface area (Å²) in [5, 5.41) is 6.26. The molecule has 1 saturated heterocycles. The molecule has 2 aromatic carbocycles. The molecule has 1 aliphatic heterocycles. The molecule has 0 unspecified atom stereocenters. The Morgan fingerprint density at radius 3 is 2.36 bits per heavy atom. The molecule has 0 aliphatic carbocycles. The molecule has 1 heterocycles. The number of ketones is 1. The van der Waals surface area contributed by atoms with Crippen LogP contribution in [0.1, 0.15) is 48.2 Å². The Bertz CT molecular complexity index is 923. The van der Waals surface area contributed by atoms with Crippen molar-refractivity contribution < 1.29 is 14.3 Å². The van der Waals surface area contributed by atoms with Crippen LogP contribution < -0.4 is 15.4 Å². The lowest BCUT2D eigenvalue weighted by Gasteiger charge is -2.34. The van der Waals surface area contributed by atoms with Gasteiger partial charge >= 0.3 is 0 Å². The first-order chi connectivity index (χ1) is 15.4. The second-order valence-corrected chi connectivity index (χ2v) is 8.77. The highest BCUT2D eigenvalue weighted by Crippen LogP contribution is 2.23. The highest BCUT2D eigenvalue weighted by atomic mass is 35.5. The quantitative estimate of drug-likeness (QED) is 0.531. The van der Waals surface area contributed by atoms with Crippen LogP contribution >= 0.6 is 12.4 Å². The van der Waals surface area contributed by atoms with Gasteiger partial charge in [-0.15, -0.1) is 12.4 Å². The number of hydrogen-bond donors (Lipinski definition) is 2. The van der Waals surface area contributed by atoms with Crippen molar-refractivity contribution in [2.75, 3.05) is 38.6 Å². The number of amides is 1. The van der Waals surface area contributed by atoms with Crippen molar-refractivity contribution in [1.29, 1.82) is 0 Å². The predicted molar refractivity (Wildman–Crippen MR) is 136 cm³/mol. The molecular weight excluding hydrogens is 438 g/mol. The van der Waals surface area contributed by atoms with Crippen molar-refractivity contribution in [2.45, 2.75) is 39.7 Å². The minimum Gasteiger partial charge on any atom is -0.497 e. The number of halogens is 1. The summed E-state index contributed by atoms with van der Waals surface area (Å²) in [5.41, 5.74) is 2.86. The van der Waals surface area contributed by atoms with Gasteiger partial charge in [-0.25, -0.2) is 0 Å². The van der Waals surface area contributed by atoms with Gasteiger partial charge in [-0.1, -0.05) is 12.1 Å². The molecular formula is C26H36ClN3O3. The Labute approximate surface area is 203 Å². The molecule has 0 aromatic heterocycles. The molecule has 0 saturated carbocycles. The predicted octanol–water partition coefficient (Wildman–Crippen LogP) is 4.30. The molecule has 0 bridgehead atoms. The van der Waals surface area contributed by atoms with Crippen LogP contribution in [0.3, 0.4) is 0 Å². The van der Waals surface area contributed by atoms with Crippen LogP contribution in [0.15, 0.2) is 42.5 Å². The molecule has 0 atom stereocenters. The number of carbonyl (C=O) groups excluding carboxylic acids is 2. The lowest BCUT2D eigenvalue weighted by Crippen LogP contribution is -2.42. The Hall–Kier alpha value is -2.57. The summed E-state index contributed by atoms with van der Waals surface area (Å²) in [5.74, 6) is 1.18. The molecule has 7 heteroatoms. The van der Waals surface area contributed by atoms with Gasteiger partial charge in [0.2, 0.25) is 5.91 Å². The molecule has 1 aliphatic rings. The van der Waals surface area contributed by atoms with Crippen LogP contribution in [0.5, 0.6) is 5.75 Å². The van der Waals surface area contributed by atoms with Crippen molar-refractivity contribution in [3.8, 4) is 5.75 Å². The molecule has 180 valence electrons. The lowest BCUT2D eigenvalue weighted by molar-refractivity contribution is -0.119. The molecule has 1 amide bonds. The smallest absolute Gasteiger partial charge is 0.239 e. The lowest BCUT2D eigenvalue weighted by atomic mass is 9.96. The van der Waals surface area contributed by atoms with Gasteiger partial charge in [0.15, 0.2) is 5.78 Å². The van der Waals surface area contributed by atoms with E-state index in [2.05, 4.69) is 29.4 Å². The number of benzene rings is 2. The minimum absolute atomic E-state index is 0. The first-order valence-corrected chi connectivity index (χ1v) is 11.4. The first kappa shape index (κ1) is 26.7. The molecule has 2 N–H and O–H groups in total. The first-order valence-electron chi connectivity index (χ1n) is 11.4. The van der Waals surface area contributed by atoms with Gasteiger partial charge < -0.3 is 20.3 Å². The molecule has 0 spiro atoms. The van der Waals surface area contributed by atoms with Gasteiger partial charge in [0.05, 0.1) is 13.7 Å². The molecule has 33 heavy (non-hydrogen) atoms. The molecule has 1 fully saturated rings. The van der Waals surface area contributed by atoms with Crippen molar-refractivity contribution in [3.63, 3.8) is 0 Å². The van der Waals surface area contributed by atoms with Crippen molar-refractivity contribution in [3.05, 3.63) is 59.2 Å². The van der Waals surface area contributed by atoms with Gasteiger partial charge in [-0.05, 0) is 88.5 Å². The number of rotatable bonds is 9. The third-order valence-corrected chi connectivity index (χ3v) is 6.34. The number of hydrogen-bond acceptors (Lipinski definition) is 5. The van der Waals surface area contributed by atoms with Crippen LogP contribution in [0.25, 0.3) is 0 Å². The zero-order valence-electron chi connectivity index (χ0n) is 20.0. The Kier molecular flexibility index (Phi) is 10.2. The Balaban J connectivity index is 0.00000385. The van der Waals surface area contributed by atoms with Gasteiger partial charge in [0, 0.05) is 29.4 Å². The topological polar surface area (TPSA) is 70.7 Å². The number of nitrogens with zero attached hydrogens (tertiary/aromatic N) is 1. The normalized spacial score (nSPS) is 14.5. The number of methoxy groups -OCH3 is 1. The van der Waals surface area contributed by atoms with Crippen LogP contribution in [0.2, 0.25) is 0 Å². The van der Waals surface area contributed by atoms with Gasteiger partial charge in [0.1, 0.15) is 5.75 Å². The second kappa shape index (κ2) is 12.6. The minimum atomic E-state index is -0.0500. The highest BCUT2D eigenvalue weighted by molar-refractivity contribution is 6.10. The largest absolute Gasteiger partial charge is 0.497 e. The average Bonchev–Trinajstić information content (AvgIpc) is 2.82. The maximum Gasteiger partial charge on any atom is 0.239 e. The van der Waals surface area contributed by atoms with E-state index in [0.717, 1.165) is 43.7 Å². The van der Waals surface area contributed by atoms with Gasteiger partial charge in [-0.3, -0.25) is 9.59 Å². The van der Waals surface area contributed by atoms with Crippen LogP contribution in [0, 0.1) is 12.8 Å². The maximum absolute atomic E-state index is 12.9. The van der Waals surface area contributed by atoms with Gasteiger partial charge in [0.25, 0.3) is 0 Å². The van der Waals surface area contributed by atoms with Crippen LogP contribution in [-0.4, -0.2) is 55.9 Å². The summed E-state index contributed by atoms with van der Waals surface area (Å²) in [6.07, 6.45) is 2.25. The standard InChI is InChI=1S/C26H35N3O3.ClH/c1-18(2)29-14-12-20(13-15-29)16-28-25(30)17-27-24-7-5-6-23(19(24)3)26(31)21-8-10-22(32-4)11-9-21;/h5-11,18,20,27H,12-17H2,1-4H3,(H,28,30);1H. The van der Waals surface area contributed by atoms with Crippen LogP contribution in [0.4, 0.5) is 5.69 Å². The monoisotopic (exact) mass is 473 g/mol. The van der Waals surface area contributed by atoms with Gasteiger partial charge in [-0.2, -0.15) is 0 Å². The average molecular weight is 474 g/mol. The fourth-order valence-corrected chi connectivity index (χ4v) is 4.14. The van der Waals surface area contributed by atoms with Crippen LogP contribution in [-0.2, 0) is 4.79 Å². The number of likely N-dealkylation sites (tertiary alicyclic amines) is 1. The van der Waals surface area contributed by atoms with E-state index in [1.807, 2.05) is 25.1 Å². The summed E-state index contributed by atoms with van der Waals surface area (Å²) < 4.78 is 5.16. The summed E-state index contributed by atoms with van der Waals surface area (Å²) >= 11 is 0. The molecule has 0 radical (unpaired) electrons. The third-order valence-electron chi connectivity index (χ3n) is 6.34. The zero-order valence-corrected chi connectivity index (χ0v) is 20.8. The van der Waals surface area contributed by atoms with E-state index < -0.39 is 0 Å². The maximum atomic E-state index is 12.9. The molecule has 3 rings (SSSR count). The van der Waals surface area contributed by atoms with E-state index in [-0.39, 0.29) is 30.6 Å². The molecule has 6 nitrogen and oxygen atoms in total. The van der Waals surface area contributed by atoms with Crippen molar-refractivity contribution in [1.82, 2.24) is 10.2 Å². The summed E-state index contributed by atoms with van der Waals surface area (Å²) in [6.45, 7) is 9.48. The SMILES string of the molecule is COc1ccc(C(=O)c2cccc(NCC(=O)NCC3CCN(C(C)C)CC3)c2C)cc1.Cl. The number of anilines is 1. The van der Waals surface area contributed by atoms with E-state index >= 15 is 0 Å². The number of piperidine rings is 1. The zero-order chi connectivity index (χ0) is 23.1. The molecule has 2 aromatic rings. The fraction of sp³-hybridized carbons (Fsp3) is 0.462. The summed E-state index contributed by atoms with van der Waals surface area (Å²) in [7, 11) is 1.60. The van der Waals surface area contributed by atoms with E-state index in [9.17, 15) is 9.59 Å². The van der Waals surface area contributed by atoms with E-state index in [4.69, 9.17) is 4.74 Å². The Morgan fingerprint density at radius 1 is 1.09 bits per heavy atom. The summed E-state index contributed by atoms with van der Waals surface area (Å²) in [4.78, 5) is 27.8. The van der Waals surface area contributed by atoms with Crippen molar-refractivity contribution in [2.24, 2.45) is 5.92 Å². The van der Waals surface area contributed by atoms with E-state index in [1.165, 1.54) is 0 Å². The highest BCUT2D eigenvalue weighted by Gasteiger charge is 2.21. The third kappa shape index (κ3) is 7.21. The fourth-order valence-electron chi connectivity index (χ4n) is 4.14. The van der Waals surface area contributed by atoms with Crippen molar-refractivity contribution >= 4 is 29.8 Å². The summed E-state index contributed by atoms with van der Waals surface area (Å²) in [6, 6.07) is 13.2. The Morgan fingerprint density at radius 2 is 1.76 bits per heavy atom. The number of ether oxygens (including phenoxy) is 1.